The minimum atomic E-state index is -7.47. The van der Waals surface area contributed by atoms with Crippen LogP contribution in [0, 0.1) is 5.92 Å². The van der Waals surface area contributed by atoms with Crippen LogP contribution in [0.3, 0.4) is 0 Å². The van der Waals surface area contributed by atoms with Crippen molar-refractivity contribution < 1.29 is 57.8 Å². The molecule has 0 heterocycles. The first-order chi connectivity index (χ1) is 14.2. The van der Waals surface area contributed by atoms with Crippen LogP contribution in [0.5, 0.6) is 5.75 Å². The Labute approximate surface area is 176 Å². The van der Waals surface area contributed by atoms with E-state index in [1.807, 2.05) is 0 Å². The Kier molecular flexibility index (Phi) is 7.82. The van der Waals surface area contributed by atoms with Gasteiger partial charge in [0.15, 0.2) is 0 Å². The summed E-state index contributed by atoms with van der Waals surface area (Å²) in [5.74, 6) is -28.3. The van der Waals surface area contributed by atoms with Gasteiger partial charge in [-0.2, -0.15) is 48.3 Å². The predicted octanol–water partition coefficient (Wildman–Crippen LogP) is 7.08. The number of rotatable bonds is 10. The smallest absolute Gasteiger partial charge is 0.460 e. The quantitative estimate of drug-likeness (QED) is 0.327. The van der Waals surface area contributed by atoms with E-state index in [-0.39, 0.29) is 23.8 Å². The van der Waals surface area contributed by atoms with Crippen molar-refractivity contribution in [3.63, 3.8) is 0 Å². The first-order valence-corrected chi connectivity index (χ1v) is 9.03. The molecule has 32 heavy (non-hydrogen) atoms. The Morgan fingerprint density at radius 3 is 1.72 bits per heavy atom. The fourth-order valence-corrected chi connectivity index (χ4v) is 2.70. The minimum Gasteiger partial charge on any atom is -0.493 e. The topological polar surface area (TPSA) is 18.5 Å². The maximum atomic E-state index is 14.4. The van der Waals surface area contributed by atoms with Gasteiger partial charge in [-0.25, -0.2) is 0 Å². The van der Waals surface area contributed by atoms with E-state index in [1.54, 1.807) is 13.8 Å². The molecule has 1 aromatic rings. The Hall–Kier alpha value is -1.79. The molecular weight excluding hydrogens is 469 g/mol. The molecule has 186 valence electrons. The molecule has 0 aliphatic rings. The summed E-state index contributed by atoms with van der Waals surface area (Å²) in [5.41, 5.74) is -2.87. The largest absolute Gasteiger partial charge is 0.493 e. The molecule has 0 saturated carbocycles. The van der Waals surface area contributed by atoms with E-state index in [0.29, 0.717) is 0 Å². The second-order valence-electron chi connectivity index (χ2n) is 7.74. The molecule has 0 N–H and O–H groups in total. The number of ether oxygens (including phenoxy) is 2. The van der Waals surface area contributed by atoms with Gasteiger partial charge in [-0.3, -0.25) is 0 Å². The van der Waals surface area contributed by atoms with Gasteiger partial charge in [0.2, 0.25) is 0 Å². The van der Waals surface area contributed by atoms with Crippen LogP contribution in [0.2, 0.25) is 0 Å². The summed E-state index contributed by atoms with van der Waals surface area (Å²) in [7, 11) is 0.746. The molecule has 0 radical (unpaired) electrons. The Morgan fingerprint density at radius 2 is 1.28 bits per heavy atom. The molecule has 2 nitrogen and oxygen atoms in total. The Bertz CT molecular complexity index is 775. The van der Waals surface area contributed by atoms with E-state index in [9.17, 15) is 48.3 Å². The van der Waals surface area contributed by atoms with Crippen molar-refractivity contribution in [1.29, 1.82) is 0 Å². The predicted molar refractivity (Wildman–Crippen MR) is 91.6 cm³/mol. The second kappa shape index (κ2) is 8.86. The molecular formula is C19H21F11O2. The van der Waals surface area contributed by atoms with Crippen LogP contribution in [0.25, 0.3) is 0 Å². The fraction of sp³-hybridized carbons (Fsp3) is 0.684. The number of benzene rings is 1. The van der Waals surface area contributed by atoms with Crippen LogP contribution in [-0.4, -0.2) is 43.6 Å². The van der Waals surface area contributed by atoms with E-state index >= 15 is 0 Å². The van der Waals surface area contributed by atoms with E-state index < -0.39 is 41.9 Å². The normalized spacial score (nSPS) is 16.2. The maximum Gasteiger partial charge on any atom is 0.460 e. The summed E-state index contributed by atoms with van der Waals surface area (Å²) >= 11 is 0. The average Bonchev–Trinajstić information content (AvgIpc) is 2.64. The van der Waals surface area contributed by atoms with Crippen molar-refractivity contribution >= 4 is 0 Å². The van der Waals surface area contributed by atoms with Crippen LogP contribution in [-0.2, 0) is 10.3 Å². The first-order valence-electron chi connectivity index (χ1n) is 9.03. The summed E-state index contributed by atoms with van der Waals surface area (Å²) in [6.45, 7) is 4.22. The zero-order valence-corrected chi connectivity index (χ0v) is 17.3. The molecule has 1 aromatic carbocycles. The number of para-hydroxylation sites is 1. The molecule has 1 rings (SSSR count). The Morgan fingerprint density at radius 1 is 0.781 bits per heavy atom. The highest BCUT2D eigenvalue weighted by atomic mass is 19.4. The number of hydrogen-bond acceptors (Lipinski definition) is 2. The number of hydrogen-bond donors (Lipinski definition) is 0. The average molecular weight is 490 g/mol. The van der Waals surface area contributed by atoms with Crippen molar-refractivity contribution in [2.24, 2.45) is 5.92 Å². The van der Waals surface area contributed by atoms with Crippen molar-refractivity contribution in [2.75, 3.05) is 13.7 Å². The van der Waals surface area contributed by atoms with Crippen LogP contribution < -0.4 is 4.74 Å². The molecule has 0 amide bonds. The maximum absolute atomic E-state index is 14.4. The molecule has 0 aliphatic heterocycles. The summed E-state index contributed by atoms with van der Waals surface area (Å²) in [5, 5.41) is 0. The van der Waals surface area contributed by atoms with Gasteiger partial charge in [0.05, 0.1) is 18.6 Å². The van der Waals surface area contributed by atoms with Gasteiger partial charge >= 0.3 is 29.9 Å². The minimum absolute atomic E-state index is 0.0270. The molecule has 0 aliphatic carbocycles. The lowest BCUT2D eigenvalue weighted by molar-refractivity contribution is -0.424. The van der Waals surface area contributed by atoms with E-state index in [1.165, 1.54) is 18.2 Å². The molecule has 1 atom stereocenters. The standard InChI is InChI=1S/C19H21F11O2/c1-11(2)9-32-13-8-6-5-7-12(13)14(3,31-4)10-15(20,21)16(22,23)17(24,25)18(26,27)19(28,29)30/h5-8,11H,9-10H2,1-4H3. The lowest BCUT2D eigenvalue weighted by Crippen LogP contribution is -2.67. The summed E-state index contributed by atoms with van der Waals surface area (Å²) in [6, 6.07) is 4.94. The third-order valence-corrected chi connectivity index (χ3v) is 4.64. The Balaban J connectivity index is 3.46. The van der Waals surface area contributed by atoms with Crippen LogP contribution in [0.15, 0.2) is 24.3 Å². The molecule has 0 bridgehead atoms. The van der Waals surface area contributed by atoms with Crippen molar-refractivity contribution in [2.45, 2.75) is 62.7 Å². The van der Waals surface area contributed by atoms with E-state index in [0.717, 1.165) is 20.1 Å². The molecule has 0 spiro atoms. The highest BCUT2D eigenvalue weighted by Gasteiger charge is 2.87. The summed E-state index contributed by atoms with van der Waals surface area (Å²) in [4.78, 5) is 0. The fourth-order valence-electron chi connectivity index (χ4n) is 2.70. The zero-order chi connectivity index (χ0) is 25.4. The van der Waals surface area contributed by atoms with Gasteiger partial charge in [-0.05, 0) is 18.9 Å². The zero-order valence-electron chi connectivity index (χ0n) is 17.3. The SMILES string of the molecule is COC(C)(CC(F)(F)C(F)(F)C(F)(F)C(F)(F)C(F)(F)F)c1ccccc1OCC(C)C. The third-order valence-electron chi connectivity index (χ3n) is 4.64. The van der Waals surface area contributed by atoms with E-state index in [4.69, 9.17) is 9.47 Å². The van der Waals surface area contributed by atoms with Gasteiger partial charge in [0, 0.05) is 12.7 Å². The molecule has 0 fully saturated rings. The van der Waals surface area contributed by atoms with Gasteiger partial charge < -0.3 is 9.47 Å². The van der Waals surface area contributed by atoms with Crippen molar-refractivity contribution in [3.05, 3.63) is 29.8 Å². The molecule has 1 unspecified atom stereocenters. The number of alkyl halides is 11. The lowest BCUT2D eigenvalue weighted by atomic mass is 9.84. The molecule has 0 aromatic heterocycles. The lowest BCUT2D eigenvalue weighted by Gasteiger charge is -2.40. The van der Waals surface area contributed by atoms with Crippen molar-refractivity contribution in [3.8, 4) is 5.75 Å². The molecule has 13 heteroatoms. The van der Waals surface area contributed by atoms with Gasteiger partial charge in [-0.1, -0.05) is 32.0 Å². The summed E-state index contributed by atoms with van der Waals surface area (Å²) < 4.78 is 157. The monoisotopic (exact) mass is 490 g/mol. The highest BCUT2D eigenvalue weighted by molar-refractivity contribution is 5.38. The van der Waals surface area contributed by atoms with E-state index in [2.05, 4.69) is 0 Å². The van der Waals surface area contributed by atoms with Gasteiger partial charge in [0.25, 0.3) is 0 Å². The first kappa shape index (κ1) is 28.2. The van der Waals surface area contributed by atoms with Crippen LogP contribution >= 0.6 is 0 Å². The van der Waals surface area contributed by atoms with Crippen molar-refractivity contribution in [1.82, 2.24) is 0 Å². The summed E-state index contributed by atoms with van der Waals surface area (Å²) in [6.07, 6.45) is -9.58. The van der Waals surface area contributed by atoms with Gasteiger partial charge in [-0.15, -0.1) is 0 Å². The van der Waals surface area contributed by atoms with Gasteiger partial charge in [0.1, 0.15) is 5.75 Å². The number of methoxy groups -OCH3 is 1. The van der Waals surface area contributed by atoms with Crippen LogP contribution in [0.4, 0.5) is 48.3 Å². The number of halogens is 11. The third kappa shape index (κ3) is 4.91. The highest BCUT2D eigenvalue weighted by Crippen LogP contribution is 2.59. The second-order valence-corrected chi connectivity index (χ2v) is 7.74. The molecule has 0 saturated heterocycles. The van der Waals surface area contributed by atoms with Crippen LogP contribution in [0.1, 0.15) is 32.8 Å².